The SMILES string of the molecule is Cc1cc(C)nc(Sc2cccc(/C(N)=N/O)n2)c1. The van der Waals surface area contributed by atoms with Crippen LogP contribution in [0.3, 0.4) is 0 Å². The number of nitrogens with two attached hydrogens (primary N) is 1. The van der Waals surface area contributed by atoms with Crippen molar-refractivity contribution in [1.29, 1.82) is 0 Å². The van der Waals surface area contributed by atoms with Crippen LogP contribution in [0.4, 0.5) is 0 Å². The Morgan fingerprint density at radius 3 is 2.68 bits per heavy atom. The Kier molecular flexibility index (Phi) is 4.01. The fourth-order valence-corrected chi connectivity index (χ4v) is 2.57. The standard InChI is InChI=1S/C13H14N4OS/c1-8-6-9(2)15-12(7-8)19-11-5-3-4-10(16-11)13(14)17-18/h3-7,18H,1-2H3,(H2,14,17). The van der Waals surface area contributed by atoms with E-state index >= 15 is 0 Å². The van der Waals surface area contributed by atoms with Crippen LogP contribution < -0.4 is 5.73 Å². The lowest BCUT2D eigenvalue weighted by Gasteiger charge is -2.04. The first-order chi connectivity index (χ1) is 9.08. The molecule has 2 rings (SSSR count). The minimum Gasteiger partial charge on any atom is -0.409 e. The lowest BCUT2D eigenvalue weighted by atomic mass is 10.3. The molecule has 0 aliphatic rings. The zero-order chi connectivity index (χ0) is 13.8. The fraction of sp³-hybridized carbons (Fsp3) is 0.154. The van der Waals surface area contributed by atoms with Gasteiger partial charge in [0.2, 0.25) is 0 Å². The zero-order valence-corrected chi connectivity index (χ0v) is 11.5. The van der Waals surface area contributed by atoms with E-state index in [9.17, 15) is 0 Å². The molecule has 2 aromatic rings. The minimum atomic E-state index is -0.00386. The molecule has 0 bridgehead atoms. The predicted octanol–water partition coefficient (Wildman–Crippen LogP) is 2.34. The second kappa shape index (κ2) is 5.71. The Labute approximate surface area is 115 Å². The van der Waals surface area contributed by atoms with Crippen LogP contribution in [0.25, 0.3) is 0 Å². The van der Waals surface area contributed by atoms with Crippen LogP contribution in [0.1, 0.15) is 17.0 Å². The van der Waals surface area contributed by atoms with Crippen LogP contribution in [0.2, 0.25) is 0 Å². The summed E-state index contributed by atoms with van der Waals surface area (Å²) in [6.07, 6.45) is 0. The lowest BCUT2D eigenvalue weighted by molar-refractivity contribution is 0.318. The van der Waals surface area contributed by atoms with Gasteiger partial charge in [-0.25, -0.2) is 9.97 Å². The summed E-state index contributed by atoms with van der Waals surface area (Å²) in [5, 5.41) is 13.2. The fourth-order valence-electron chi connectivity index (χ4n) is 1.63. The molecule has 0 saturated heterocycles. The normalized spacial score (nSPS) is 11.6. The van der Waals surface area contributed by atoms with Gasteiger partial charge < -0.3 is 10.9 Å². The number of hydrogen-bond acceptors (Lipinski definition) is 5. The van der Waals surface area contributed by atoms with Gasteiger partial charge in [0.25, 0.3) is 0 Å². The summed E-state index contributed by atoms with van der Waals surface area (Å²) in [6.45, 7) is 3.98. The van der Waals surface area contributed by atoms with Crippen molar-refractivity contribution < 1.29 is 5.21 Å². The number of rotatable bonds is 3. The van der Waals surface area contributed by atoms with Crippen LogP contribution in [0.15, 0.2) is 45.5 Å². The first-order valence-electron chi connectivity index (χ1n) is 5.66. The van der Waals surface area contributed by atoms with Crippen LogP contribution in [-0.2, 0) is 0 Å². The Balaban J connectivity index is 2.28. The number of amidine groups is 1. The van der Waals surface area contributed by atoms with E-state index in [0.717, 1.165) is 21.3 Å². The van der Waals surface area contributed by atoms with Gasteiger partial charge in [-0.05, 0) is 43.7 Å². The van der Waals surface area contributed by atoms with Gasteiger partial charge in [0.15, 0.2) is 5.84 Å². The summed E-state index contributed by atoms with van der Waals surface area (Å²) < 4.78 is 0. The molecule has 0 amide bonds. The van der Waals surface area contributed by atoms with Gasteiger partial charge in [-0.1, -0.05) is 23.0 Å². The molecule has 0 aliphatic heterocycles. The molecule has 0 saturated carbocycles. The molecule has 0 spiro atoms. The van der Waals surface area contributed by atoms with Gasteiger partial charge in [-0.2, -0.15) is 0 Å². The zero-order valence-electron chi connectivity index (χ0n) is 10.7. The van der Waals surface area contributed by atoms with Crippen molar-refractivity contribution in [2.75, 3.05) is 0 Å². The summed E-state index contributed by atoms with van der Waals surface area (Å²) >= 11 is 1.44. The van der Waals surface area contributed by atoms with Gasteiger partial charge in [0, 0.05) is 5.69 Å². The molecule has 0 unspecified atom stereocenters. The predicted molar refractivity (Wildman–Crippen MR) is 74.6 cm³/mol. The molecule has 0 atom stereocenters. The Bertz CT molecular complexity index is 608. The van der Waals surface area contributed by atoms with Crippen molar-refractivity contribution >= 4 is 17.6 Å². The topological polar surface area (TPSA) is 84.4 Å². The molecule has 98 valence electrons. The van der Waals surface area contributed by atoms with Crippen LogP contribution in [0, 0.1) is 13.8 Å². The summed E-state index contributed by atoms with van der Waals surface area (Å²) in [5.74, 6) is -0.00386. The molecule has 0 aliphatic carbocycles. The third-order valence-corrected chi connectivity index (χ3v) is 3.23. The molecule has 5 nitrogen and oxygen atoms in total. The number of pyridine rings is 2. The van der Waals surface area contributed by atoms with Crippen molar-refractivity contribution in [3.8, 4) is 0 Å². The summed E-state index contributed by atoms with van der Waals surface area (Å²) in [7, 11) is 0. The first-order valence-corrected chi connectivity index (χ1v) is 6.48. The maximum Gasteiger partial charge on any atom is 0.188 e. The molecule has 2 heterocycles. The Morgan fingerprint density at radius 2 is 2.00 bits per heavy atom. The highest BCUT2D eigenvalue weighted by Gasteiger charge is 2.05. The van der Waals surface area contributed by atoms with Crippen LogP contribution in [-0.4, -0.2) is 21.0 Å². The number of aromatic nitrogens is 2. The number of aryl methyl sites for hydroxylation is 2. The van der Waals surface area contributed by atoms with E-state index < -0.39 is 0 Å². The summed E-state index contributed by atoms with van der Waals surface area (Å²) in [5.41, 5.74) is 8.08. The molecule has 0 aromatic carbocycles. The number of oxime groups is 1. The number of hydrogen-bond donors (Lipinski definition) is 2. The molecular formula is C13H14N4OS. The van der Waals surface area contributed by atoms with E-state index in [1.807, 2.05) is 38.1 Å². The Hall–Kier alpha value is -2.08. The largest absolute Gasteiger partial charge is 0.409 e. The van der Waals surface area contributed by atoms with Crippen molar-refractivity contribution in [2.24, 2.45) is 10.9 Å². The summed E-state index contributed by atoms with van der Waals surface area (Å²) in [6, 6.07) is 9.37. The molecule has 6 heteroatoms. The maximum absolute atomic E-state index is 8.65. The highest BCUT2D eigenvalue weighted by molar-refractivity contribution is 7.99. The quantitative estimate of drug-likeness (QED) is 0.388. The van der Waals surface area contributed by atoms with Crippen LogP contribution in [0.5, 0.6) is 0 Å². The van der Waals surface area contributed by atoms with Gasteiger partial charge in [-0.3, -0.25) is 0 Å². The monoisotopic (exact) mass is 274 g/mol. The van der Waals surface area contributed by atoms with Crippen molar-refractivity contribution in [1.82, 2.24) is 9.97 Å². The lowest BCUT2D eigenvalue weighted by Crippen LogP contribution is -2.14. The highest BCUT2D eigenvalue weighted by atomic mass is 32.2. The second-order valence-corrected chi connectivity index (χ2v) is 5.11. The Morgan fingerprint density at radius 1 is 1.21 bits per heavy atom. The smallest absolute Gasteiger partial charge is 0.188 e. The number of nitrogens with zero attached hydrogens (tertiary/aromatic N) is 3. The van der Waals surface area contributed by atoms with E-state index in [2.05, 4.69) is 15.1 Å². The maximum atomic E-state index is 8.65. The van der Waals surface area contributed by atoms with Gasteiger partial charge in [0.1, 0.15) is 15.7 Å². The average Bonchev–Trinajstić information content (AvgIpc) is 2.37. The third-order valence-electron chi connectivity index (χ3n) is 2.38. The van der Waals surface area contributed by atoms with Gasteiger partial charge in [0.05, 0.1) is 0 Å². The van der Waals surface area contributed by atoms with E-state index in [-0.39, 0.29) is 5.84 Å². The van der Waals surface area contributed by atoms with Crippen molar-refractivity contribution in [3.05, 3.63) is 47.3 Å². The van der Waals surface area contributed by atoms with E-state index in [4.69, 9.17) is 10.9 Å². The van der Waals surface area contributed by atoms with E-state index in [1.165, 1.54) is 11.8 Å². The van der Waals surface area contributed by atoms with Crippen molar-refractivity contribution in [2.45, 2.75) is 23.9 Å². The van der Waals surface area contributed by atoms with Gasteiger partial charge >= 0.3 is 0 Å². The van der Waals surface area contributed by atoms with E-state index in [0.29, 0.717) is 5.69 Å². The molecular weight excluding hydrogens is 260 g/mol. The summed E-state index contributed by atoms with van der Waals surface area (Å²) in [4.78, 5) is 8.74. The first kappa shape index (κ1) is 13.4. The van der Waals surface area contributed by atoms with Crippen molar-refractivity contribution in [3.63, 3.8) is 0 Å². The second-order valence-electron chi connectivity index (χ2n) is 4.07. The third kappa shape index (κ3) is 3.45. The van der Waals surface area contributed by atoms with Crippen LogP contribution >= 0.6 is 11.8 Å². The molecule has 2 aromatic heterocycles. The highest BCUT2D eigenvalue weighted by Crippen LogP contribution is 2.25. The minimum absolute atomic E-state index is 0.00386. The average molecular weight is 274 g/mol. The molecule has 0 fully saturated rings. The molecule has 19 heavy (non-hydrogen) atoms. The van der Waals surface area contributed by atoms with E-state index in [1.54, 1.807) is 6.07 Å². The van der Waals surface area contributed by atoms with Gasteiger partial charge in [-0.15, -0.1) is 0 Å². The molecule has 3 N–H and O–H groups in total. The molecule has 0 radical (unpaired) electrons.